The number of carbonyl (C=O) groups excluding carboxylic acids is 1. The number of para-hydroxylation sites is 2. The van der Waals surface area contributed by atoms with Gasteiger partial charge in [-0.3, -0.25) is 4.79 Å². The molecule has 2 fully saturated rings. The maximum atomic E-state index is 12.2. The van der Waals surface area contributed by atoms with E-state index in [1.807, 2.05) is 24.3 Å². The topological polar surface area (TPSA) is 57.8 Å². The second-order valence-electron chi connectivity index (χ2n) is 6.06. The summed E-state index contributed by atoms with van der Waals surface area (Å²) in [6, 6.07) is 7.94. The zero-order valence-corrected chi connectivity index (χ0v) is 11.4. The molecule has 1 heterocycles. The van der Waals surface area contributed by atoms with Crippen molar-refractivity contribution in [3.05, 3.63) is 30.1 Å². The van der Waals surface area contributed by atoms with Crippen LogP contribution in [0.4, 0.5) is 0 Å². The molecule has 2 atom stereocenters. The molecule has 2 aliphatic rings. The Morgan fingerprint density at radius 1 is 1.25 bits per heavy atom. The fourth-order valence-corrected chi connectivity index (χ4v) is 3.76. The number of hydrogen-bond acceptors (Lipinski definition) is 2. The van der Waals surface area contributed by atoms with Gasteiger partial charge in [-0.25, -0.2) is 4.98 Å². The standard InChI is InChI=1S/C16H19N3O/c20-16(15-10-5-1-2-6-11(10)15)17-9-14-18-12-7-3-4-8-13(12)19-14/h3-4,7-8,10-11,15H,1-2,5-6,9H2,(H,17,20)(H,18,19). The molecule has 2 saturated carbocycles. The average Bonchev–Trinajstić information content (AvgIpc) is 3.06. The van der Waals surface area contributed by atoms with Crippen LogP contribution in [-0.2, 0) is 11.3 Å². The quantitative estimate of drug-likeness (QED) is 0.900. The van der Waals surface area contributed by atoms with Crippen molar-refractivity contribution in [1.29, 1.82) is 0 Å². The number of amides is 1. The van der Waals surface area contributed by atoms with Gasteiger partial charge >= 0.3 is 0 Å². The van der Waals surface area contributed by atoms with Crippen LogP contribution in [0.1, 0.15) is 31.5 Å². The smallest absolute Gasteiger partial charge is 0.224 e. The molecule has 2 aliphatic carbocycles. The van der Waals surface area contributed by atoms with Gasteiger partial charge < -0.3 is 10.3 Å². The van der Waals surface area contributed by atoms with Gasteiger partial charge in [0.2, 0.25) is 5.91 Å². The Bertz CT molecular complexity index is 603. The van der Waals surface area contributed by atoms with Crippen molar-refractivity contribution in [1.82, 2.24) is 15.3 Å². The number of imidazole rings is 1. The minimum absolute atomic E-state index is 0.224. The van der Waals surface area contributed by atoms with Crippen LogP contribution in [0, 0.1) is 17.8 Å². The maximum absolute atomic E-state index is 12.2. The molecule has 0 radical (unpaired) electrons. The lowest BCUT2D eigenvalue weighted by Gasteiger charge is -2.04. The molecule has 0 aliphatic heterocycles. The molecule has 0 spiro atoms. The van der Waals surface area contributed by atoms with Gasteiger partial charge in [0.15, 0.2) is 0 Å². The number of aromatic nitrogens is 2. The first kappa shape index (κ1) is 11.9. The summed E-state index contributed by atoms with van der Waals surface area (Å²) >= 11 is 0. The first-order valence-corrected chi connectivity index (χ1v) is 7.54. The number of nitrogens with one attached hydrogen (secondary N) is 2. The Hall–Kier alpha value is -1.84. The fraction of sp³-hybridized carbons (Fsp3) is 0.500. The number of benzene rings is 1. The highest BCUT2D eigenvalue weighted by Gasteiger charge is 2.54. The molecule has 0 saturated heterocycles. The molecular weight excluding hydrogens is 250 g/mol. The lowest BCUT2D eigenvalue weighted by molar-refractivity contribution is -0.123. The Balaban J connectivity index is 1.39. The van der Waals surface area contributed by atoms with Crippen molar-refractivity contribution >= 4 is 16.9 Å². The molecule has 104 valence electrons. The number of fused-ring (bicyclic) bond motifs is 2. The van der Waals surface area contributed by atoms with Crippen LogP contribution in [0.3, 0.4) is 0 Å². The monoisotopic (exact) mass is 269 g/mol. The van der Waals surface area contributed by atoms with Crippen molar-refractivity contribution in [3.8, 4) is 0 Å². The van der Waals surface area contributed by atoms with Gasteiger partial charge in [0.05, 0.1) is 17.6 Å². The third-order valence-electron chi connectivity index (χ3n) is 4.83. The average molecular weight is 269 g/mol. The molecule has 4 rings (SSSR count). The van der Waals surface area contributed by atoms with Crippen molar-refractivity contribution < 1.29 is 4.79 Å². The van der Waals surface area contributed by atoms with Crippen LogP contribution in [0.25, 0.3) is 11.0 Å². The second kappa shape index (κ2) is 4.62. The van der Waals surface area contributed by atoms with Crippen LogP contribution in [0.5, 0.6) is 0 Å². The summed E-state index contributed by atoms with van der Waals surface area (Å²) in [6.45, 7) is 0.503. The fourth-order valence-electron chi connectivity index (χ4n) is 3.76. The van der Waals surface area contributed by atoms with Crippen molar-refractivity contribution in [2.45, 2.75) is 32.2 Å². The van der Waals surface area contributed by atoms with E-state index in [0.717, 1.165) is 16.9 Å². The van der Waals surface area contributed by atoms with Gasteiger partial charge in [0.1, 0.15) is 5.82 Å². The zero-order valence-electron chi connectivity index (χ0n) is 11.4. The highest BCUT2D eigenvalue weighted by atomic mass is 16.2. The Kier molecular flexibility index (Phi) is 2.76. The summed E-state index contributed by atoms with van der Waals surface area (Å²) in [5.74, 6) is 2.67. The number of hydrogen-bond donors (Lipinski definition) is 2. The number of carbonyl (C=O) groups is 1. The molecule has 1 aromatic carbocycles. The van der Waals surface area contributed by atoms with Gasteiger partial charge in [0.25, 0.3) is 0 Å². The highest BCUT2D eigenvalue weighted by Crippen LogP contribution is 2.55. The summed E-state index contributed by atoms with van der Waals surface area (Å²) in [7, 11) is 0. The Morgan fingerprint density at radius 3 is 2.75 bits per heavy atom. The lowest BCUT2D eigenvalue weighted by Crippen LogP contribution is -2.26. The van der Waals surface area contributed by atoms with E-state index >= 15 is 0 Å². The predicted molar refractivity (Wildman–Crippen MR) is 76.9 cm³/mol. The Morgan fingerprint density at radius 2 is 2.00 bits per heavy atom. The van der Waals surface area contributed by atoms with Gasteiger partial charge in [-0.1, -0.05) is 25.0 Å². The molecule has 1 amide bonds. The zero-order chi connectivity index (χ0) is 13.5. The summed E-state index contributed by atoms with van der Waals surface area (Å²) < 4.78 is 0. The molecule has 1 aromatic heterocycles. The summed E-state index contributed by atoms with van der Waals surface area (Å²) in [5.41, 5.74) is 1.98. The SMILES string of the molecule is O=C(NCc1nc2ccccc2[nH]1)C1C2CCCCC21. The molecule has 4 nitrogen and oxygen atoms in total. The van der Waals surface area contributed by atoms with E-state index in [2.05, 4.69) is 15.3 Å². The van der Waals surface area contributed by atoms with E-state index in [1.54, 1.807) is 0 Å². The van der Waals surface area contributed by atoms with Gasteiger partial charge in [-0.05, 0) is 36.8 Å². The minimum Gasteiger partial charge on any atom is -0.349 e. The molecule has 2 aromatic rings. The molecule has 2 N–H and O–H groups in total. The Labute approximate surface area is 118 Å². The van der Waals surface area contributed by atoms with E-state index in [1.165, 1.54) is 25.7 Å². The first-order valence-electron chi connectivity index (χ1n) is 7.54. The normalized spacial score (nSPS) is 28.1. The summed E-state index contributed by atoms with van der Waals surface area (Å²) in [5, 5.41) is 3.05. The highest BCUT2D eigenvalue weighted by molar-refractivity contribution is 5.82. The van der Waals surface area contributed by atoms with Crippen LogP contribution in [0.2, 0.25) is 0 Å². The molecule has 2 unspecified atom stereocenters. The third-order valence-corrected chi connectivity index (χ3v) is 4.83. The lowest BCUT2D eigenvalue weighted by atomic mass is 10.0. The van der Waals surface area contributed by atoms with E-state index in [0.29, 0.717) is 18.4 Å². The second-order valence-corrected chi connectivity index (χ2v) is 6.06. The van der Waals surface area contributed by atoms with Gasteiger partial charge in [-0.2, -0.15) is 0 Å². The van der Waals surface area contributed by atoms with Crippen LogP contribution >= 0.6 is 0 Å². The van der Waals surface area contributed by atoms with Crippen LogP contribution in [0.15, 0.2) is 24.3 Å². The number of nitrogens with zero attached hydrogens (tertiary/aromatic N) is 1. The summed E-state index contributed by atoms with van der Waals surface area (Å²) in [4.78, 5) is 19.9. The van der Waals surface area contributed by atoms with Crippen molar-refractivity contribution in [2.75, 3.05) is 0 Å². The third kappa shape index (κ3) is 1.99. The van der Waals surface area contributed by atoms with E-state index in [9.17, 15) is 4.79 Å². The largest absolute Gasteiger partial charge is 0.349 e. The van der Waals surface area contributed by atoms with E-state index in [4.69, 9.17) is 0 Å². The van der Waals surface area contributed by atoms with Crippen molar-refractivity contribution in [2.24, 2.45) is 17.8 Å². The summed E-state index contributed by atoms with van der Waals surface area (Å²) in [6.07, 6.45) is 5.09. The first-order chi connectivity index (χ1) is 9.83. The number of rotatable bonds is 3. The minimum atomic E-state index is 0.224. The van der Waals surface area contributed by atoms with Crippen LogP contribution in [-0.4, -0.2) is 15.9 Å². The number of H-pyrrole nitrogens is 1. The molecule has 20 heavy (non-hydrogen) atoms. The molecule has 0 bridgehead atoms. The molecular formula is C16H19N3O. The van der Waals surface area contributed by atoms with E-state index in [-0.39, 0.29) is 11.8 Å². The van der Waals surface area contributed by atoms with Gasteiger partial charge in [-0.15, -0.1) is 0 Å². The predicted octanol–water partition coefficient (Wildman–Crippen LogP) is 2.62. The molecule has 4 heteroatoms. The van der Waals surface area contributed by atoms with Gasteiger partial charge in [0, 0.05) is 5.92 Å². The maximum Gasteiger partial charge on any atom is 0.224 e. The van der Waals surface area contributed by atoms with Crippen LogP contribution < -0.4 is 5.32 Å². The van der Waals surface area contributed by atoms with E-state index < -0.39 is 0 Å². The van der Waals surface area contributed by atoms with Crippen molar-refractivity contribution in [3.63, 3.8) is 0 Å². The number of aromatic amines is 1.